The number of nitrogens with one attached hydrogen (secondary N) is 1. The molecule has 0 radical (unpaired) electrons. The maximum absolute atomic E-state index is 12.0. The zero-order valence-electron chi connectivity index (χ0n) is 10.7. The molecule has 0 bridgehead atoms. The van der Waals surface area contributed by atoms with Gasteiger partial charge in [0.05, 0.1) is 17.1 Å². The van der Waals surface area contributed by atoms with Crippen LogP contribution in [0.2, 0.25) is 5.02 Å². The Labute approximate surface area is 123 Å². The molecule has 0 saturated heterocycles. The third-order valence-corrected chi connectivity index (χ3v) is 3.96. The van der Waals surface area contributed by atoms with Crippen LogP contribution in [0.25, 0.3) is 0 Å². The van der Waals surface area contributed by atoms with Gasteiger partial charge in [-0.15, -0.1) is 0 Å². The molecule has 0 aromatic heterocycles. The van der Waals surface area contributed by atoms with E-state index < -0.39 is 0 Å². The molecule has 1 aromatic rings. The Bertz CT molecular complexity index is 561. The molecule has 4 heteroatoms. The minimum atomic E-state index is -0.104. The fourth-order valence-electron chi connectivity index (χ4n) is 2.02. The number of carbonyl (C=O) groups is 1. The van der Waals surface area contributed by atoms with Crippen LogP contribution in [-0.4, -0.2) is 5.91 Å². The van der Waals surface area contributed by atoms with Gasteiger partial charge in [-0.25, -0.2) is 0 Å². The van der Waals surface area contributed by atoms with Crippen molar-refractivity contribution in [1.29, 1.82) is 0 Å². The summed E-state index contributed by atoms with van der Waals surface area (Å²) < 4.78 is 0. The highest BCUT2D eigenvalue weighted by Gasteiger charge is 2.15. The molecular weight excluding hydrogens is 281 g/mol. The van der Waals surface area contributed by atoms with E-state index in [0.29, 0.717) is 10.7 Å². The summed E-state index contributed by atoms with van der Waals surface area (Å²) in [4.78, 5) is 12.0. The van der Waals surface area contributed by atoms with Gasteiger partial charge in [0.1, 0.15) is 0 Å². The van der Waals surface area contributed by atoms with E-state index in [9.17, 15) is 4.79 Å². The average Bonchev–Trinajstić information content (AvgIpc) is 2.38. The molecule has 0 atom stereocenters. The van der Waals surface area contributed by atoms with Gasteiger partial charge in [-0.1, -0.05) is 47.0 Å². The quantitative estimate of drug-likeness (QED) is 0.844. The van der Waals surface area contributed by atoms with Crippen molar-refractivity contribution in [1.82, 2.24) is 0 Å². The van der Waals surface area contributed by atoms with Crippen molar-refractivity contribution in [2.24, 2.45) is 0 Å². The summed E-state index contributed by atoms with van der Waals surface area (Å²) in [5.41, 5.74) is 2.67. The smallest absolute Gasteiger partial charge is 0.228 e. The number of rotatable bonds is 3. The van der Waals surface area contributed by atoms with Crippen molar-refractivity contribution in [3.8, 4) is 0 Å². The Morgan fingerprint density at radius 1 is 1.32 bits per heavy atom. The van der Waals surface area contributed by atoms with Gasteiger partial charge in [-0.2, -0.15) is 0 Å². The van der Waals surface area contributed by atoms with Gasteiger partial charge in [0.15, 0.2) is 0 Å². The molecule has 0 heterocycles. The monoisotopic (exact) mass is 295 g/mol. The Kier molecular flexibility index (Phi) is 4.67. The summed E-state index contributed by atoms with van der Waals surface area (Å²) in [7, 11) is 0. The first kappa shape index (κ1) is 14.2. The van der Waals surface area contributed by atoms with E-state index in [1.807, 2.05) is 25.1 Å². The van der Waals surface area contributed by atoms with Gasteiger partial charge in [-0.3, -0.25) is 4.79 Å². The first-order valence-corrected chi connectivity index (χ1v) is 6.92. The molecule has 0 unspecified atom stereocenters. The Morgan fingerprint density at radius 2 is 2.05 bits per heavy atom. The summed E-state index contributed by atoms with van der Waals surface area (Å²) >= 11 is 12.2. The summed E-state index contributed by atoms with van der Waals surface area (Å²) in [6, 6.07) is 7.18. The second-order valence-corrected chi connectivity index (χ2v) is 5.35. The number of hydrogen-bond donors (Lipinski definition) is 1. The van der Waals surface area contributed by atoms with Gasteiger partial charge in [0.25, 0.3) is 0 Å². The van der Waals surface area contributed by atoms with E-state index in [4.69, 9.17) is 23.2 Å². The number of carbonyl (C=O) groups excluding carboxylic acids is 1. The predicted molar refractivity (Wildman–Crippen MR) is 80.6 cm³/mol. The van der Waals surface area contributed by atoms with Crippen molar-refractivity contribution in [3.63, 3.8) is 0 Å². The first-order valence-electron chi connectivity index (χ1n) is 6.17. The number of amides is 1. The lowest BCUT2D eigenvalue weighted by molar-refractivity contribution is -0.115. The number of allylic oxidation sites excluding steroid dienone is 3. The molecule has 100 valence electrons. The molecule has 0 saturated carbocycles. The van der Waals surface area contributed by atoms with Crippen molar-refractivity contribution >= 4 is 34.8 Å². The Morgan fingerprint density at radius 3 is 2.79 bits per heavy atom. The van der Waals surface area contributed by atoms with E-state index >= 15 is 0 Å². The van der Waals surface area contributed by atoms with Gasteiger partial charge in [0.2, 0.25) is 5.91 Å². The molecule has 1 N–H and O–H groups in total. The lowest BCUT2D eigenvalue weighted by Crippen LogP contribution is -2.13. The van der Waals surface area contributed by atoms with Gasteiger partial charge >= 0.3 is 0 Å². The lowest BCUT2D eigenvalue weighted by Gasteiger charge is -2.15. The minimum Gasteiger partial charge on any atom is -0.324 e. The van der Waals surface area contributed by atoms with E-state index in [1.165, 1.54) is 0 Å². The molecule has 0 aliphatic heterocycles. The maximum atomic E-state index is 12.0. The van der Waals surface area contributed by atoms with Crippen molar-refractivity contribution in [3.05, 3.63) is 51.5 Å². The molecule has 0 fully saturated rings. The van der Waals surface area contributed by atoms with E-state index in [0.717, 1.165) is 29.0 Å². The number of halogens is 2. The van der Waals surface area contributed by atoms with Crippen LogP contribution in [0.5, 0.6) is 0 Å². The summed E-state index contributed by atoms with van der Waals surface area (Å²) in [5, 5.41) is 4.06. The molecular formula is C15H15Cl2NO. The lowest BCUT2D eigenvalue weighted by atomic mass is 9.98. The van der Waals surface area contributed by atoms with Crippen LogP contribution in [-0.2, 0) is 4.79 Å². The minimum absolute atomic E-state index is 0.104. The van der Waals surface area contributed by atoms with Crippen LogP contribution in [0.15, 0.2) is 46.5 Å². The normalized spacial score (nSPS) is 15.2. The fraction of sp³-hybridized carbons (Fsp3) is 0.267. The predicted octanol–water partition coefficient (Wildman–Crippen LogP) is 4.90. The molecule has 19 heavy (non-hydrogen) atoms. The van der Waals surface area contributed by atoms with Crippen LogP contribution >= 0.6 is 23.2 Å². The molecule has 1 aliphatic carbocycles. The summed E-state index contributed by atoms with van der Waals surface area (Å²) in [6.45, 7) is 2.00. The molecule has 1 aromatic carbocycles. The van der Waals surface area contributed by atoms with Crippen LogP contribution in [0, 0.1) is 0 Å². The third-order valence-electron chi connectivity index (χ3n) is 3.07. The molecule has 0 spiro atoms. The Balaban J connectivity index is 2.03. The third kappa shape index (κ3) is 3.62. The maximum Gasteiger partial charge on any atom is 0.228 e. The number of para-hydroxylation sites is 1. The standard InChI is InChI=1S/C15H15Cl2NO/c1-10-5-4-6-11(15(10)17)9-14(19)18-13-8-3-2-7-12(13)16/h2-3,6-8H,4-5,9H2,1H3,(H,18,19). The zero-order chi connectivity index (χ0) is 13.8. The summed E-state index contributed by atoms with van der Waals surface area (Å²) in [5.74, 6) is -0.104. The van der Waals surface area contributed by atoms with E-state index in [2.05, 4.69) is 5.32 Å². The largest absolute Gasteiger partial charge is 0.324 e. The van der Waals surface area contributed by atoms with Crippen LogP contribution < -0.4 is 5.32 Å². The van der Waals surface area contributed by atoms with Gasteiger partial charge in [-0.05, 0) is 37.5 Å². The highest BCUT2D eigenvalue weighted by molar-refractivity contribution is 6.34. The first-order chi connectivity index (χ1) is 9.08. The topological polar surface area (TPSA) is 29.1 Å². The average molecular weight is 296 g/mol. The molecule has 1 amide bonds. The second kappa shape index (κ2) is 6.27. The molecule has 1 aliphatic rings. The highest BCUT2D eigenvalue weighted by Crippen LogP contribution is 2.30. The van der Waals surface area contributed by atoms with E-state index in [1.54, 1.807) is 12.1 Å². The second-order valence-electron chi connectivity index (χ2n) is 4.57. The Hall–Kier alpha value is -1.25. The fourth-order valence-corrected chi connectivity index (χ4v) is 2.44. The van der Waals surface area contributed by atoms with E-state index in [-0.39, 0.29) is 12.3 Å². The van der Waals surface area contributed by atoms with Crippen LogP contribution in [0.1, 0.15) is 26.2 Å². The number of anilines is 1. The molecule has 2 nitrogen and oxygen atoms in total. The van der Waals surface area contributed by atoms with Gasteiger partial charge < -0.3 is 5.32 Å². The van der Waals surface area contributed by atoms with Crippen molar-refractivity contribution < 1.29 is 4.79 Å². The SMILES string of the molecule is CC1=C(Cl)C(CC(=O)Nc2ccccc2Cl)=CCC1. The number of hydrogen-bond acceptors (Lipinski definition) is 1. The summed E-state index contributed by atoms with van der Waals surface area (Å²) in [6.07, 6.45) is 4.22. The number of benzene rings is 1. The van der Waals surface area contributed by atoms with Crippen molar-refractivity contribution in [2.45, 2.75) is 26.2 Å². The van der Waals surface area contributed by atoms with Crippen LogP contribution in [0.3, 0.4) is 0 Å². The van der Waals surface area contributed by atoms with Crippen LogP contribution in [0.4, 0.5) is 5.69 Å². The highest BCUT2D eigenvalue weighted by atomic mass is 35.5. The zero-order valence-corrected chi connectivity index (χ0v) is 12.2. The molecule has 2 rings (SSSR count). The van der Waals surface area contributed by atoms with Gasteiger partial charge in [0, 0.05) is 5.03 Å². The van der Waals surface area contributed by atoms with Crippen molar-refractivity contribution in [2.75, 3.05) is 5.32 Å².